The summed E-state index contributed by atoms with van der Waals surface area (Å²) < 4.78 is 52.1. The molecule has 45 heavy (non-hydrogen) atoms. The number of carbonyl (C=O) groups excluding carboxylic acids is 2. The second-order valence-corrected chi connectivity index (χ2v) is 12.2. The Morgan fingerprint density at radius 2 is 1.58 bits per heavy atom. The predicted molar refractivity (Wildman–Crippen MR) is 164 cm³/mol. The van der Waals surface area contributed by atoms with E-state index in [0.717, 1.165) is 5.56 Å². The van der Waals surface area contributed by atoms with Gasteiger partial charge in [-0.3, -0.25) is 14.6 Å². The molecule has 2 amide bonds. The number of hydrogen-bond donors (Lipinski definition) is 1. The van der Waals surface area contributed by atoms with Gasteiger partial charge in [-0.05, 0) is 65.2 Å². The minimum absolute atomic E-state index is 0.00143. The number of hydrogen-bond acceptors (Lipinski definition) is 7. The number of ether oxygens (including phenoxy) is 2. The highest BCUT2D eigenvalue weighted by atomic mass is 32.2. The first-order valence-corrected chi connectivity index (χ1v) is 15.8. The third-order valence-corrected chi connectivity index (χ3v) is 9.18. The molecule has 0 radical (unpaired) electrons. The Kier molecular flexibility index (Phi) is 10.5. The van der Waals surface area contributed by atoms with Crippen LogP contribution in [-0.2, 0) is 37.4 Å². The Bertz CT molecular complexity index is 1670. The summed E-state index contributed by atoms with van der Waals surface area (Å²) in [5, 5.41) is 2.92. The number of pyridine rings is 1. The van der Waals surface area contributed by atoms with Gasteiger partial charge in [-0.25, -0.2) is 12.8 Å². The van der Waals surface area contributed by atoms with Crippen molar-refractivity contribution < 1.29 is 31.9 Å². The van der Waals surface area contributed by atoms with Gasteiger partial charge in [0, 0.05) is 38.6 Å². The van der Waals surface area contributed by atoms with Crippen LogP contribution in [0.5, 0.6) is 5.75 Å². The van der Waals surface area contributed by atoms with Crippen LogP contribution in [0.2, 0.25) is 0 Å². The Balaban J connectivity index is 1.36. The lowest BCUT2D eigenvalue weighted by Gasteiger charge is -2.31. The van der Waals surface area contributed by atoms with Crippen LogP contribution in [0.4, 0.5) is 4.39 Å². The average Bonchev–Trinajstić information content (AvgIpc) is 3.08. The van der Waals surface area contributed by atoms with E-state index in [9.17, 15) is 22.4 Å². The summed E-state index contributed by atoms with van der Waals surface area (Å²) in [7, 11) is -3.69. The van der Waals surface area contributed by atoms with Crippen LogP contribution in [0, 0.1) is 5.82 Å². The summed E-state index contributed by atoms with van der Waals surface area (Å²) in [5.74, 6) is -1.05. The van der Waals surface area contributed by atoms with E-state index in [1.807, 2.05) is 6.07 Å². The molecule has 5 rings (SSSR count). The molecule has 1 fully saturated rings. The van der Waals surface area contributed by atoms with Crippen molar-refractivity contribution in [3.8, 4) is 5.75 Å². The first kappa shape index (κ1) is 31.8. The second-order valence-electron chi connectivity index (χ2n) is 10.3. The van der Waals surface area contributed by atoms with Crippen LogP contribution in [0.1, 0.15) is 22.7 Å². The summed E-state index contributed by atoms with van der Waals surface area (Å²) >= 11 is 0. The number of nitrogens with zero attached hydrogens (tertiary/aromatic N) is 3. The first-order valence-electron chi connectivity index (χ1n) is 14.4. The van der Waals surface area contributed by atoms with Crippen molar-refractivity contribution in [2.24, 2.45) is 0 Å². The van der Waals surface area contributed by atoms with Crippen LogP contribution in [0.25, 0.3) is 0 Å². The molecule has 4 aromatic rings. The summed E-state index contributed by atoms with van der Waals surface area (Å²) in [5.41, 5.74) is 2.03. The van der Waals surface area contributed by atoms with Crippen molar-refractivity contribution in [1.82, 2.24) is 19.5 Å². The molecule has 1 atom stereocenters. The maximum Gasteiger partial charge on any atom is 0.261 e. The molecule has 10 nitrogen and oxygen atoms in total. The molecule has 0 bridgehead atoms. The number of amides is 2. The first-order chi connectivity index (χ1) is 21.8. The topological polar surface area (TPSA) is 118 Å². The number of rotatable bonds is 12. The van der Waals surface area contributed by atoms with Crippen molar-refractivity contribution in [3.63, 3.8) is 0 Å². The molecule has 1 aliphatic rings. The second kappa shape index (κ2) is 14.9. The number of sulfonamides is 1. The van der Waals surface area contributed by atoms with Crippen LogP contribution in [0.3, 0.4) is 0 Å². The maximum atomic E-state index is 13.8. The minimum atomic E-state index is -3.69. The molecule has 1 aliphatic heterocycles. The highest BCUT2D eigenvalue weighted by Gasteiger charge is 2.32. The predicted octanol–water partition coefficient (Wildman–Crippen LogP) is 3.71. The summed E-state index contributed by atoms with van der Waals surface area (Å²) in [6, 6.07) is 23.0. The quantitative estimate of drug-likeness (QED) is 0.253. The number of nitrogens with one attached hydrogen (secondary N) is 1. The summed E-state index contributed by atoms with van der Waals surface area (Å²) in [6.45, 7) is 1.01. The molecular formula is C33H33FN4O6S. The zero-order chi connectivity index (χ0) is 31.6. The molecule has 0 saturated carbocycles. The lowest BCUT2D eigenvalue weighted by atomic mass is 10.0. The van der Waals surface area contributed by atoms with Crippen LogP contribution in [0.15, 0.2) is 108 Å². The van der Waals surface area contributed by atoms with Gasteiger partial charge in [0.15, 0.2) is 6.61 Å². The van der Waals surface area contributed by atoms with E-state index in [2.05, 4.69) is 10.3 Å². The summed E-state index contributed by atoms with van der Waals surface area (Å²) in [4.78, 5) is 33.1. The van der Waals surface area contributed by atoms with Crippen molar-refractivity contribution in [3.05, 3.63) is 126 Å². The smallest absolute Gasteiger partial charge is 0.261 e. The number of morpholine rings is 1. The fourth-order valence-electron chi connectivity index (χ4n) is 4.88. The van der Waals surface area contributed by atoms with Crippen molar-refractivity contribution in [2.45, 2.75) is 24.0 Å². The molecule has 0 unspecified atom stereocenters. The SMILES string of the molecule is O=C(NCc1ccncc1)[C@H](c1ccccc1)N(Cc1ccc(F)cc1)C(=O)COc1ccc(S(=O)(=O)N2CCOCC2)cc1. The fraction of sp³-hybridized carbons (Fsp3) is 0.242. The van der Waals surface area contributed by atoms with Gasteiger partial charge in [-0.15, -0.1) is 0 Å². The lowest BCUT2D eigenvalue weighted by Crippen LogP contribution is -2.45. The zero-order valence-corrected chi connectivity index (χ0v) is 25.2. The van der Waals surface area contributed by atoms with E-state index in [1.165, 1.54) is 45.6 Å². The van der Waals surface area contributed by atoms with E-state index in [4.69, 9.17) is 9.47 Å². The number of benzene rings is 3. The Labute approximate surface area is 261 Å². The average molecular weight is 633 g/mol. The molecule has 0 spiro atoms. The largest absolute Gasteiger partial charge is 0.484 e. The van der Waals surface area contributed by atoms with Gasteiger partial charge in [-0.1, -0.05) is 42.5 Å². The van der Waals surface area contributed by atoms with Gasteiger partial charge in [0.1, 0.15) is 17.6 Å². The molecule has 2 heterocycles. The maximum absolute atomic E-state index is 13.8. The standard InChI is InChI=1S/C33H33FN4O6S/c34-28-8-6-26(7-9-28)23-38(32(27-4-2-1-3-5-27)33(40)36-22-25-14-16-35-17-15-25)31(39)24-44-29-10-12-30(13-11-29)45(41,42)37-18-20-43-21-19-37/h1-17,32H,18-24H2,(H,36,40)/t32-/m0/s1. The number of carbonyl (C=O) groups is 2. The monoisotopic (exact) mass is 632 g/mol. The van der Waals surface area contributed by atoms with Crippen molar-refractivity contribution in [1.29, 1.82) is 0 Å². The Morgan fingerprint density at radius 3 is 2.24 bits per heavy atom. The number of aromatic nitrogens is 1. The van der Waals surface area contributed by atoms with E-state index < -0.39 is 40.3 Å². The molecular weight excluding hydrogens is 599 g/mol. The molecule has 1 aromatic heterocycles. The highest BCUT2D eigenvalue weighted by molar-refractivity contribution is 7.89. The van der Waals surface area contributed by atoms with E-state index in [-0.39, 0.29) is 36.8 Å². The number of halogens is 1. The summed E-state index contributed by atoms with van der Waals surface area (Å²) in [6.07, 6.45) is 3.25. The normalized spacial score (nSPS) is 14.3. The van der Waals surface area contributed by atoms with Gasteiger partial charge >= 0.3 is 0 Å². The van der Waals surface area contributed by atoms with Crippen LogP contribution in [-0.4, -0.2) is 67.3 Å². The zero-order valence-electron chi connectivity index (χ0n) is 24.4. The third-order valence-electron chi connectivity index (χ3n) is 7.27. The van der Waals surface area contributed by atoms with Gasteiger partial charge in [0.25, 0.3) is 5.91 Å². The van der Waals surface area contributed by atoms with Crippen molar-refractivity contribution in [2.75, 3.05) is 32.9 Å². The lowest BCUT2D eigenvalue weighted by molar-refractivity contribution is -0.143. The van der Waals surface area contributed by atoms with Crippen LogP contribution < -0.4 is 10.1 Å². The fourth-order valence-corrected chi connectivity index (χ4v) is 6.28. The molecule has 1 saturated heterocycles. The molecule has 0 aliphatic carbocycles. The van der Waals surface area contributed by atoms with E-state index >= 15 is 0 Å². The molecule has 3 aromatic carbocycles. The van der Waals surface area contributed by atoms with Crippen molar-refractivity contribution >= 4 is 21.8 Å². The molecule has 234 valence electrons. The molecule has 1 N–H and O–H groups in total. The Morgan fingerprint density at radius 1 is 0.911 bits per heavy atom. The highest BCUT2D eigenvalue weighted by Crippen LogP contribution is 2.25. The van der Waals surface area contributed by atoms with E-state index in [0.29, 0.717) is 24.3 Å². The van der Waals surface area contributed by atoms with Gasteiger partial charge in [0.2, 0.25) is 15.9 Å². The Hall–Kier alpha value is -4.65. The third kappa shape index (κ3) is 8.29. The van der Waals surface area contributed by atoms with Gasteiger partial charge in [0.05, 0.1) is 18.1 Å². The van der Waals surface area contributed by atoms with Gasteiger partial charge in [-0.2, -0.15) is 4.31 Å². The van der Waals surface area contributed by atoms with Gasteiger partial charge < -0.3 is 19.7 Å². The minimum Gasteiger partial charge on any atom is -0.484 e. The van der Waals surface area contributed by atoms with E-state index in [1.54, 1.807) is 60.9 Å². The molecule has 12 heteroatoms. The van der Waals surface area contributed by atoms with Crippen LogP contribution >= 0.6 is 0 Å².